The lowest BCUT2D eigenvalue weighted by Crippen LogP contribution is -1.85. The number of para-hydroxylation sites is 3. The summed E-state index contributed by atoms with van der Waals surface area (Å²) in [6, 6.07) is 48.7. The van der Waals surface area contributed by atoms with Gasteiger partial charge in [0.15, 0.2) is 0 Å². The van der Waals surface area contributed by atoms with E-state index in [1.54, 1.807) is 49.7 Å². The topological polar surface area (TPSA) is 119 Å². The third-order valence-corrected chi connectivity index (χ3v) is 9.05. The monoisotopic (exact) mass is 985 g/mol. The Morgan fingerprint density at radius 2 is 0.986 bits per heavy atom. The van der Waals surface area contributed by atoms with Crippen LogP contribution in [-0.4, -0.2) is 39.9 Å². The molecule has 9 nitrogen and oxygen atoms in total. The third kappa shape index (κ3) is 29.6. The van der Waals surface area contributed by atoms with E-state index in [2.05, 4.69) is 108 Å². The second kappa shape index (κ2) is 41.6. The molecule has 4 aromatic carbocycles. The fraction of sp³-hybridized carbons (Fsp3) is 0.234. The lowest BCUT2D eigenvalue weighted by Gasteiger charge is -1.98. The molecular formula is C64H88N8O. The highest BCUT2D eigenvalue weighted by Crippen LogP contribution is 2.17. The highest BCUT2D eigenvalue weighted by Gasteiger charge is 1.94. The number of hydrogen-bond donors (Lipinski definition) is 1. The van der Waals surface area contributed by atoms with Crippen LogP contribution in [0.25, 0.3) is 32.7 Å². The minimum atomic E-state index is 0. The number of nitrogens with zero attached hydrogens (tertiary/aromatic N) is 7. The maximum atomic E-state index is 4.71. The van der Waals surface area contributed by atoms with Crippen LogP contribution >= 0.6 is 0 Å². The molecule has 0 aliphatic carbocycles. The van der Waals surface area contributed by atoms with Gasteiger partial charge in [-0.25, -0.2) is 4.98 Å². The van der Waals surface area contributed by atoms with E-state index in [1.807, 2.05) is 151 Å². The van der Waals surface area contributed by atoms with Gasteiger partial charge in [-0.3, -0.25) is 29.9 Å². The summed E-state index contributed by atoms with van der Waals surface area (Å²) in [5.74, 6) is 0. The molecule has 0 amide bonds. The molecule has 11 aromatic rings. The van der Waals surface area contributed by atoms with Crippen molar-refractivity contribution < 1.29 is 4.42 Å². The number of H-pyrrole nitrogens is 1. The van der Waals surface area contributed by atoms with Crippen LogP contribution in [0.2, 0.25) is 0 Å². The van der Waals surface area contributed by atoms with E-state index in [4.69, 9.17) is 4.42 Å². The van der Waals surface area contributed by atoms with Gasteiger partial charge in [0.25, 0.3) is 0 Å². The second-order valence-corrected chi connectivity index (χ2v) is 15.0. The molecule has 390 valence electrons. The summed E-state index contributed by atoms with van der Waals surface area (Å²) in [4.78, 5) is 31.4. The largest absolute Gasteiger partial charge is 0.472 e. The van der Waals surface area contributed by atoms with Gasteiger partial charge in [-0.1, -0.05) is 143 Å². The van der Waals surface area contributed by atoms with Crippen molar-refractivity contribution in [3.8, 4) is 0 Å². The number of aromatic amines is 1. The van der Waals surface area contributed by atoms with Crippen molar-refractivity contribution in [1.29, 1.82) is 0 Å². The van der Waals surface area contributed by atoms with Gasteiger partial charge in [0, 0.05) is 72.5 Å². The molecule has 0 bridgehead atoms. The van der Waals surface area contributed by atoms with Crippen molar-refractivity contribution in [2.75, 3.05) is 0 Å². The van der Waals surface area contributed by atoms with E-state index in [9.17, 15) is 0 Å². The molecule has 0 aliphatic heterocycles. The number of benzene rings is 4. The van der Waals surface area contributed by atoms with Crippen LogP contribution in [0.15, 0.2) is 218 Å². The van der Waals surface area contributed by atoms with Gasteiger partial charge in [-0.2, -0.15) is 0 Å². The van der Waals surface area contributed by atoms with Gasteiger partial charge in [0.1, 0.15) is 0 Å². The molecular weight excluding hydrogens is 897 g/mol. The maximum Gasteiger partial charge on any atom is 0.0931 e. The molecule has 0 saturated carbocycles. The Bertz CT molecular complexity index is 2730. The van der Waals surface area contributed by atoms with Crippen molar-refractivity contribution in [1.82, 2.24) is 39.9 Å². The Kier molecular flexibility index (Phi) is 40.7. The summed E-state index contributed by atoms with van der Waals surface area (Å²) in [5, 5.41) is 3.89. The molecule has 9 heteroatoms. The van der Waals surface area contributed by atoms with E-state index in [0.717, 1.165) is 39.3 Å². The number of aromatic nitrogens is 8. The molecule has 0 fully saturated rings. The van der Waals surface area contributed by atoms with Crippen LogP contribution in [-0.2, 0) is 0 Å². The van der Waals surface area contributed by atoms with Gasteiger partial charge in [0.05, 0.1) is 40.5 Å². The molecule has 0 radical (unpaired) electrons. The van der Waals surface area contributed by atoms with E-state index in [0.29, 0.717) is 0 Å². The van der Waals surface area contributed by atoms with E-state index < -0.39 is 0 Å². The number of nitrogens with one attached hydrogen (secondary N) is 1. The summed E-state index contributed by atoms with van der Waals surface area (Å²) in [6.45, 7) is 16.0. The predicted octanol–water partition coefficient (Wildman–Crippen LogP) is 18.6. The second-order valence-electron chi connectivity index (χ2n) is 15.0. The minimum Gasteiger partial charge on any atom is -0.472 e. The fourth-order valence-corrected chi connectivity index (χ4v) is 5.61. The number of furan rings is 1. The normalized spacial score (nSPS) is 8.60. The molecule has 0 aliphatic rings. The van der Waals surface area contributed by atoms with E-state index in [1.165, 1.54) is 38.4 Å². The molecule has 73 heavy (non-hydrogen) atoms. The van der Waals surface area contributed by atoms with Crippen molar-refractivity contribution in [2.45, 2.75) is 107 Å². The smallest absolute Gasteiger partial charge is 0.0931 e. The van der Waals surface area contributed by atoms with Gasteiger partial charge in [0.2, 0.25) is 0 Å². The molecule has 0 saturated heterocycles. The first-order valence-corrected chi connectivity index (χ1v) is 21.6. The quantitative estimate of drug-likeness (QED) is 0.160. The van der Waals surface area contributed by atoms with Gasteiger partial charge >= 0.3 is 0 Å². The zero-order chi connectivity index (χ0) is 47.2. The Morgan fingerprint density at radius 3 is 1.45 bits per heavy atom. The number of hydrogen-bond acceptors (Lipinski definition) is 8. The highest BCUT2D eigenvalue weighted by atomic mass is 16.3. The maximum absolute atomic E-state index is 4.71. The summed E-state index contributed by atoms with van der Waals surface area (Å²) in [5.41, 5.74) is 12.1. The van der Waals surface area contributed by atoms with E-state index in [-0.39, 0.29) is 52.0 Å². The van der Waals surface area contributed by atoms with Crippen molar-refractivity contribution in [2.24, 2.45) is 0 Å². The van der Waals surface area contributed by atoms with Crippen molar-refractivity contribution >= 4 is 32.7 Å². The first kappa shape index (κ1) is 71.4. The van der Waals surface area contributed by atoms with Gasteiger partial charge in [-0.05, 0) is 143 Å². The summed E-state index contributed by atoms with van der Waals surface area (Å²) >= 11 is 0. The van der Waals surface area contributed by atoms with Crippen LogP contribution in [0.1, 0.15) is 97.0 Å². The zero-order valence-electron chi connectivity index (χ0n) is 39.2. The predicted molar refractivity (Wildman–Crippen MR) is 320 cm³/mol. The Labute approximate surface area is 441 Å². The molecule has 1 N–H and O–H groups in total. The summed E-state index contributed by atoms with van der Waals surface area (Å²) in [7, 11) is 0. The minimum absolute atomic E-state index is 0. The summed E-state index contributed by atoms with van der Waals surface area (Å²) < 4.78 is 4.71. The fourth-order valence-electron chi connectivity index (χ4n) is 5.61. The van der Waals surface area contributed by atoms with Crippen LogP contribution in [0.5, 0.6) is 0 Å². The first-order valence-electron chi connectivity index (χ1n) is 21.6. The van der Waals surface area contributed by atoms with Crippen molar-refractivity contribution in [3.63, 3.8) is 0 Å². The SMILES string of the molecule is C.C.C.C.C.C.C.Cc1cc[nH]c1.Cc1ccc2ccccc2n1.Cc1cccc2ccccc12.Cc1ccccn1.Cc1cccnc1.Cc1ccoc1.Cc1cnc2ccccc2n1.Cc1cnccn1. The summed E-state index contributed by atoms with van der Waals surface area (Å²) in [6.07, 6.45) is 19.5. The van der Waals surface area contributed by atoms with Gasteiger partial charge in [-0.15, -0.1) is 0 Å². The Hall–Kier alpha value is -8.17. The number of pyridine rings is 3. The van der Waals surface area contributed by atoms with Crippen LogP contribution in [0.3, 0.4) is 0 Å². The molecule has 0 unspecified atom stereocenters. The van der Waals surface area contributed by atoms with Crippen LogP contribution < -0.4 is 0 Å². The molecule has 7 heterocycles. The van der Waals surface area contributed by atoms with Crippen LogP contribution in [0.4, 0.5) is 0 Å². The standard InChI is InChI=1S/C11H10.C10H9N.C9H8N2.2C6H7N.C5H6N2.C5H7N.C5H6O.7CH4/c1-9-5-4-7-10-6-2-3-8-11(9)10;1-8-6-7-9-4-2-3-5-10(9)11-8;1-7-6-10-8-4-2-3-5-9(8)11-7;1-6-3-2-4-7-5-6;1-6-4-2-3-5-7-6;1-5-4-6-2-3-7-5;2*1-5-2-3-6-4-5;;;;;;;/h2-8H,1H3;2-7H,1H3;2-6H,1H3;2*2-5H,1H3;2-4H,1H3;2-4,6H,1H3;2-4H,1H3;7*1H4. The average Bonchev–Trinajstić information content (AvgIpc) is 4.04. The molecule has 0 atom stereocenters. The lowest BCUT2D eigenvalue weighted by molar-refractivity contribution is 0.565. The third-order valence-electron chi connectivity index (χ3n) is 9.05. The highest BCUT2D eigenvalue weighted by molar-refractivity contribution is 5.85. The first-order chi connectivity index (χ1) is 32.1. The van der Waals surface area contributed by atoms with E-state index >= 15 is 0 Å². The lowest BCUT2D eigenvalue weighted by atomic mass is 10.1. The van der Waals surface area contributed by atoms with Crippen molar-refractivity contribution in [3.05, 3.63) is 259 Å². The number of rotatable bonds is 0. The Balaban J connectivity index is -0.000000372. The number of aryl methyl sites for hydroxylation is 8. The number of fused-ring (bicyclic) bond motifs is 3. The molecule has 11 rings (SSSR count). The van der Waals surface area contributed by atoms with Gasteiger partial charge < -0.3 is 9.40 Å². The molecule has 0 spiro atoms. The van der Waals surface area contributed by atoms with Crippen LogP contribution in [0, 0.1) is 55.4 Å². The average molecular weight is 985 g/mol. The molecule has 7 aromatic heterocycles. The Morgan fingerprint density at radius 1 is 0.370 bits per heavy atom. The zero-order valence-corrected chi connectivity index (χ0v) is 39.2.